The van der Waals surface area contributed by atoms with E-state index in [1.807, 2.05) is 36.4 Å². The van der Waals surface area contributed by atoms with E-state index in [0.717, 1.165) is 16.6 Å². The van der Waals surface area contributed by atoms with E-state index in [9.17, 15) is 19.5 Å². The van der Waals surface area contributed by atoms with Gasteiger partial charge in [-0.25, -0.2) is 4.98 Å². The van der Waals surface area contributed by atoms with Gasteiger partial charge in [-0.1, -0.05) is 54.6 Å². The van der Waals surface area contributed by atoms with Gasteiger partial charge in [-0.15, -0.1) is 0 Å². The summed E-state index contributed by atoms with van der Waals surface area (Å²) < 4.78 is 0. The normalized spacial score (nSPS) is 14.3. The van der Waals surface area contributed by atoms with Crippen LogP contribution in [0.2, 0.25) is 0 Å². The number of imidazole rings is 1. The molecule has 40 heavy (non-hydrogen) atoms. The highest BCUT2D eigenvalue weighted by Gasteiger charge is 2.33. The van der Waals surface area contributed by atoms with E-state index < -0.39 is 11.9 Å². The summed E-state index contributed by atoms with van der Waals surface area (Å²) in [4.78, 5) is 52.0. The molecule has 1 aliphatic rings. The first-order valence-electron chi connectivity index (χ1n) is 12.8. The van der Waals surface area contributed by atoms with Crippen LogP contribution in [0, 0.1) is 0 Å². The number of aromatic amines is 1. The molecule has 0 saturated carbocycles. The van der Waals surface area contributed by atoms with Gasteiger partial charge in [0.05, 0.1) is 11.0 Å². The number of para-hydroxylation sites is 3. The third-order valence-electron chi connectivity index (χ3n) is 7.03. The van der Waals surface area contributed by atoms with Crippen molar-refractivity contribution in [2.75, 3.05) is 11.4 Å². The van der Waals surface area contributed by atoms with Crippen molar-refractivity contribution in [2.24, 2.45) is 0 Å². The lowest BCUT2D eigenvalue weighted by molar-refractivity contribution is -0.306. The first kappa shape index (κ1) is 25.0. The zero-order valence-corrected chi connectivity index (χ0v) is 21.3. The lowest BCUT2D eigenvalue weighted by atomic mass is 9.86. The number of hydrogen-bond donors (Lipinski definition) is 2. The summed E-state index contributed by atoms with van der Waals surface area (Å²) in [6.07, 6.45) is 1.40. The monoisotopic (exact) mass is 530 g/mol. The first-order valence-corrected chi connectivity index (χ1v) is 12.8. The second kappa shape index (κ2) is 10.5. The molecule has 0 bridgehead atoms. The molecule has 9 heteroatoms. The maximum Gasteiger partial charge on any atom is 0.259 e. The minimum atomic E-state index is -1.21. The van der Waals surface area contributed by atoms with Crippen LogP contribution in [-0.4, -0.2) is 39.3 Å². The van der Waals surface area contributed by atoms with Crippen LogP contribution < -0.4 is 15.3 Å². The summed E-state index contributed by atoms with van der Waals surface area (Å²) in [7, 11) is 0. The number of nitrogens with zero attached hydrogens (tertiary/aromatic N) is 3. The van der Waals surface area contributed by atoms with E-state index in [-0.39, 0.29) is 31.3 Å². The lowest BCUT2D eigenvalue weighted by Crippen LogP contribution is -2.40. The molecule has 1 aliphatic heterocycles. The van der Waals surface area contributed by atoms with Gasteiger partial charge >= 0.3 is 0 Å². The number of aliphatic carboxylic acids is 1. The Morgan fingerprint density at radius 3 is 2.45 bits per heavy atom. The minimum Gasteiger partial charge on any atom is -0.550 e. The standard InChI is InChI=1S/C31H25N5O4/c37-28(33-17-19-13-14-26(32-16-19)30-34-24-10-4-5-11-25(24)35-30)18-36-27-12-6-3-8-21(27)23(15-29(38)39)20-7-1-2-9-22(20)31(36)40/h1-14,16,23H,15,17-18H2,(H,33,37)(H,34,35)(H,38,39)/p-1. The van der Waals surface area contributed by atoms with Gasteiger partial charge in [0.15, 0.2) is 5.82 Å². The number of rotatable bonds is 7. The number of nitrogens with one attached hydrogen (secondary N) is 2. The Morgan fingerprint density at radius 2 is 1.68 bits per heavy atom. The van der Waals surface area contributed by atoms with E-state index >= 15 is 0 Å². The van der Waals surface area contributed by atoms with Crippen molar-refractivity contribution in [3.63, 3.8) is 0 Å². The third-order valence-corrected chi connectivity index (χ3v) is 7.03. The smallest absolute Gasteiger partial charge is 0.259 e. The Morgan fingerprint density at radius 1 is 0.925 bits per heavy atom. The van der Waals surface area contributed by atoms with E-state index in [4.69, 9.17) is 0 Å². The van der Waals surface area contributed by atoms with Crippen LogP contribution in [0.15, 0.2) is 91.1 Å². The van der Waals surface area contributed by atoms with Gasteiger partial charge in [0.1, 0.15) is 12.2 Å². The highest BCUT2D eigenvalue weighted by atomic mass is 16.4. The largest absolute Gasteiger partial charge is 0.550 e. The number of H-pyrrole nitrogens is 1. The van der Waals surface area contributed by atoms with E-state index in [0.29, 0.717) is 33.9 Å². The quantitative estimate of drug-likeness (QED) is 0.332. The number of aromatic nitrogens is 3. The van der Waals surface area contributed by atoms with Crippen LogP contribution in [0.25, 0.3) is 22.6 Å². The van der Waals surface area contributed by atoms with Crippen molar-refractivity contribution in [3.05, 3.63) is 113 Å². The van der Waals surface area contributed by atoms with Crippen molar-refractivity contribution in [1.29, 1.82) is 0 Å². The molecule has 3 aromatic carbocycles. The SMILES string of the molecule is O=C([O-])CC1c2ccccc2C(=O)N(CC(=O)NCc2ccc(-c3nc4ccccc4[nH]3)nc2)c2ccccc21. The van der Waals surface area contributed by atoms with Crippen molar-refractivity contribution in [1.82, 2.24) is 20.3 Å². The maximum absolute atomic E-state index is 13.6. The molecule has 0 aliphatic carbocycles. The molecule has 0 fully saturated rings. The number of carbonyl (C=O) groups is 3. The fraction of sp³-hybridized carbons (Fsp3) is 0.129. The maximum atomic E-state index is 13.6. The van der Waals surface area contributed by atoms with Crippen LogP contribution in [0.1, 0.15) is 39.4 Å². The Hall–Kier alpha value is -5.31. The van der Waals surface area contributed by atoms with Crippen LogP contribution in [0.3, 0.4) is 0 Å². The van der Waals surface area contributed by atoms with Crippen molar-refractivity contribution < 1.29 is 19.5 Å². The highest BCUT2D eigenvalue weighted by molar-refractivity contribution is 6.11. The molecule has 3 heterocycles. The number of pyridine rings is 1. The van der Waals surface area contributed by atoms with Gasteiger partial charge in [0.2, 0.25) is 5.91 Å². The van der Waals surface area contributed by atoms with Crippen molar-refractivity contribution in [2.45, 2.75) is 18.9 Å². The predicted octanol–water partition coefficient (Wildman–Crippen LogP) is 3.17. The molecular formula is C31H24N5O4-. The molecular weight excluding hydrogens is 506 g/mol. The molecule has 0 radical (unpaired) electrons. The molecule has 0 spiro atoms. The minimum absolute atomic E-state index is 0.222. The summed E-state index contributed by atoms with van der Waals surface area (Å²) >= 11 is 0. The molecule has 2 aromatic heterocycles. The number of fused-ring (bicyclic) bond motifs is 3. The number of anilines is 1. The van der Waals surface area contributed by atoms with Crippen LogP contribution in [0.5, 0.6) is 0 Å². The van der Waals surface area contributed by atoms with Gasteiger partial charge in [0.25, 0.3) is 5.91 Å². The number of hydrogen-bond acceptors (Lipinski definition) is 6. The van der Waals surface area contributed by atoms with E-state index in [1.165, 1.54) is 4.90 Å². The second-order valence-corrected chi connectivity index (χ2v) is 9.60. The van der Waals surface area contributed by atoms with Crippen molar-refractivity contribution >= 4 is 34.5 Å². The summed E-state index contributed by atoms with van der Waals surface area (Å²) in [5.41, 5.74) is 5.37. The molecule has 2 N–H and O–H groups in total. The molecule has 1 atom stereocenters. The molecule has 5 aromatic rings. The Labute approximate surface area is 229 Å². The summed E-state index contributed by atoms with van der Waals surface area (Å²) in [5.74, 6) is -1.86. The molecule has 9 nitrogen and oxygen atoms in total. The fourth-order valence-electron chi connectivity index (χ4n) is 5.13. The number of carboxylic acids is 1. The summed E-state index contributed by atoms with van der Waals surface area (Å²) in [6.45, 7) is -0.00741. The topological polar surface area (TPSA) is 131 Å². The molecule has 2 amide bonds. The van der Waals surface area contributed by atoms with Gasteiger partial charge in [0, 0.05) is 35.9 Å². The van der Waals surface area contributed by atoms with Gasteiger partial charge in [-0.05, 0) is 53.4 Å². The van der Waals surface area contributed by atoms with Crippen LogP contribution >= 0.6 is 0 Å². The van der Waals surface area contributed by atoms with Crippen molar-refractivity contribution in [3.8, 4) is 11.5 Å². The number of carboxylic acid groups (broad SMARTS) is 1. The number of carbonyl (C=O) groups excluding carboxylic acids is 3. The van der Waals surface area contributed by atoms with E-state index in [2.05, 4.69) is 20.3 Å². The van der Waals surface area contributed by atoms with E-state index in [1.54, 1.807) is 54.7 Å². The lowest BCUT2D eigenvalue weighted by Gasteiger charge is -2.24. The van der Waals surface area contributed by atoms with Crippen LogP contribution in [0.4, 0.5) is 5.69 Å². The third kappa shape index (κ3) is 4.80. The second-order valence-electron chi connectivity index (χ2n) is 9.60. The Bertz CT molecular complexity index is 1710. The summed E-state index contributed by atoms with van der Waals surface area (Å²) in [5, 5.41) is 14.5. The summed E-state index contributed by atoms with van der Waals surface area (Å²) in [6, 6.07) is 25.4. The average Bonchev–Trinajstić information content (AvgIpc) is 3.39. The Balaban J connectivity index is 1.19. The average molecular weight is 531 g/mol. The predicted molar refractivity (Wildman–Crippen MR) is 147 cm³/mol. The van der Waals surface area contributed by atoms with Gasteiger partial charge < -0.3 is 20.2 Å². The molecule has 6 rings (SSSR count). The molecule has 198 valence electrons. The van der Waals surface area contributed by atoms with Gasteiger partial charge in [-0.2, -0.15) is 0 Å². The highest BCUT2D eigenvalue weighted by Crippen LogP contribution is 2.40. The van der Waals surface area contributed by atoms with Crippen LogP contribution in [-0.2, 0) is 16.1 Å². The number of benzene rings is 3. The zero-order chi connectivity index (χ0) is 27.6. The Kier molecular flexibility index (Phi) is 6.53. The zero-order valence-electron chi connectivity index (χ0n) is 21.3. The number of amides is 2. The fourth-order valence-corrected chi connectivity index (χ4v) is 5.13. The van der Waals surface area contributed by atoms with Gasteiger partial charge in [-0.3, -0.25) is 19.5 Å². The molecule has 0 saturated heterocycles. The molecule has 1 unspecified atom stereocenters. The first-order chi connectivity index (χ1) is 19.5.